The number of hydrogen-bond acceptors (Lipinski definition) is 2. The number of unbranched alkanes of at least 4 members (excludes halogenated alkanes) is 7. The number of hydrogen-bond donors (Lipinski definition) is 2. The van der Waals surface area contributed by atoms with Gasteiger partial charge in [0.15, 0.2) is 0 Å². The molecule has 1 aromatic rings. The first-order valence-electron chi connectivity index (χ1n) is 7.95. The Morgan fingerprint density at radius 1 is 1.00 bits per heavy atom. The lowest BCUT2D eigenvalue weighted by molar-refractivity contribution is 0.209. The van der Waals surface area contributed by atoms with Crippen LogP contribution in [0.2, 0.25) is 0 Å². The van der Waals surface area contributed by atoms with Gasteiger partial charge in [-0.1, -0.05) is 51.9 Å². The van der Waals surface area contributed by atoms with Crippen LogP contribution in [-0.2, 0) is 0 Å². The summed E-state index contributed by atoms with van der Waals surface area (Å²) in [5.41, 5.74) is 0.557. The zero-order valence-corrected chi connectivity index (χ0v) is 12.9. The Balaban J connectivity index is 2.03. The van der Waals surface area contributed by atoms with Gasteiger partial charge in [-0.25, -0.2) is 4.79 Å². The van der Waals surface area contributed by atoms with E-state index in [-0.39, 0.29) is 0 Å². The second-order valence-corrected chi connectivity index (χ2v) is 5.28. The molecule has 21 heavy (non-hydrogen) atoms. The van der Waals surface area contributed by atoms with Crippen LogP contribution in [0.25, 0.3) is 0 Å². The van der Waals surface area contributed by atoms with Crippen molar-refractivity contribution in [3.05, 3.63) is 24.3 Å². The summed E-state index contributed by atoms with van der Waals surface area (Å²) in [6.45, 7) is 2.96. The molecule has 0 heterocycles. The maximum Gasteiger partial charge on any atom is 0.409 e. The molecule has 2 N–H and O–H groups in total. The largest absolute Gasteiger partial charge is 0.494 e. The molecule has 0 aromatic heterocycles. The molecule has 0 bridgehead atoms. The molecule has 4 heteroatoms. The van der Waals surface area contributed by atoms with Gasteiger partial charge in [-0.2, -0.15) is 0 Å². The van der Waals surface area contributed by atoms with Gasteiger partial charge >= 0.3 is 6.09 Å². The molecule has 0 unspecified atom stereocenters. The van der Waals surface area contributed by atoms with E-state index in [0.29, 0.717) is 5.69 Å². The normalized spacial score (nSPS) is 10.3. The maximum atomic E-state index is 10.5. The molecule has 0 saturated carbocycles. The number of benzene rings is 1. The van der Waals surface area contributed by atoms with Crippen LogP contribution in [0.1, 0.15) is 58.3 Å². The molecule has 1 aromatic carbocycles. The summed E-state index contributed by atoms with van der Waals surface area (Å²) in [7, 11) is 0. The van der Waals surface area contributed by atoms with Gasteiger partial charge in [0.05, 0.1) is 6.61 Å². The van der Waals surface area contributed by atoms with Crippen LogP contribution in [0, 0.1) is 0 Å². The number of anilines is 1. The Morgan fingerprint density at radius 3 is 2.14 bits per heavy atom. The van der Waals surface area contributed by atoms with Gasteiger partial charge in [0.25, 0.3) is 0 Å². The first kappa shape index (κ1) is 17.3. The molecular formula is C17H27NO3. The molecule has 1 amide bonds. The highest BCUT2D eigenvalue weighted by molar-refractivity contribution is 5.82. The number of carbonyl (C=O) groups is 1. The van der Waals surface area contributed by atoms with Gasteiger partial charge in [-0.05, 0) is 30.7 Å². The molecular weight excluding hydrogens is 266 g/mol. The minimum absolute atomic E-state index is 0.557. The number of ether oxygens (including phenoxy) is 1. The topological polar surface area (TPSA) is 58.6 Å². The monoisotopic (exact) mass is 293 g/mol. The second-order valence-electron chi connectivity index (χ2n) is 5.28. The zero-order valence-electron chi connectivity index (χ0n) is 12.9. The number of carboxylic acid groups (broad SMARTS) is 1. The summed E-state index contributed by atoms with van der Waals surface area (Å²) in [6.07, 6.45) is 9.22. The fourth-order valence-corrected chi connectivity index (χ4v) is 2.18. The minimum atomic E-state index is -1.05. The van der Waals surface area contributed by atoms with Gasteiger partial charge in [0.1, 0.15) is 5.75 Å². The van der Waals surface area contributed by atoms with E-state index in [1.54, 1.807) is 24.3 Å². The van der Waals surface area contributed by atoms with E-state index in [4.69, 9.17) is 9.84 Å². The average Bonchev–Trinajstić information content (AvgIpc) is 2.47. The van der Waals surface area contributed by atoms with Crippen molar-refractivity contribution in [3.8, 4) is 5.75 Å². The van der Waals surface area contributed by atoms with E-state index < -0.39 is 6.09 Å². The standard InChI is InChI=1S/C17H27NO3/c1-2-3-4-5-6-7-8-9-14-21-16-12-10-15(11-13-16)18-17(19)20/h10-13,18H,2-9,14H2,1H3,(H,19,20). The van der Waals surface area contributed by atoms with Crippen molar-refractivity contribution < 1.29 is 14.6 Å². The van der Waals surface area contributed by atoms with E-state index in [1.165, 1.54) is 44.9 Å². The lowest BCUT2D eigenvalue weighted by Crippen LogP contribution is -2.06. The molecule has 0 spiro atoms. The van der Waals surface area contributed by atoms with Gasteiger partial charge in [0.2, 0.25) is 0 Å². The third kappa shape index (κ3) is 8.95. The molecule has 0 saturated heterocycles. The average molecular weight is 293 g/mol. The van der Waals surface area contributed by atoms with Crippen LogP contribution in [0.3, 0.4) is 0 Å². The summed E-state index contributed by atoms with van der Waals surface area (Å²) in [5, 5.41) is 10.9. The molecule has 1 rings (SSSR count). The second kappa shape index (κ2) is 11.0. The quantitative estimate of drug-likeness (QED) is 0.544. The summed E-state index contributed by atoms with van der Waals surface area (Å²) < 4.78 is 5.64. The molecule has 0 radical (unpaired) electrons. The van der Waals surface area contributed by atoms with Crippen molar-refractivity contribution in [2.75, 3.05) is 11.9 Å². The van der Waals surface area contributed by atoms with Crippen LogP contribution in [0.15, 0.2) is 24.3 Å². The highest BCUT2D eigenvalue weighted by Gasteiger charge is 1.99. The summed E-state index contributed by atoms with van der Waals surface area (Å²) in [4.78, 5) is 10.5. The van der Waals surface area contributed by atoms with Crippen molar-refractivity contribution in [2.24, 2.45) is 0 Å². The van der Waals surface area contributed by atoms with Crippen LogP contribution in [0.5, 0.6) is 5.75 Å². The van der Waals surface area contributed by atoms with Crippen molar-refractivity contribution in [2.45, 2.75) is 58.3 Å². The SMILES string of the molecule is CCCCCCCCCCOc1ccc(NC(=O)O)cc1. The highest BCUT2D eigenvalue weighted by Crippen LogP contribution is 2.16. The summed E-state index contributed by atoms with van der Waals surface area (Å²) in [5.74, 6) is 0.786. The van der Waals surface area contributed by atoms with E-state index in [2.05, 4.69) is 12.2 Å². The predicted molar refractivity (Wildman–Crippen MR) is 86.2 cm³/mol. The van der Waals surface area contributed by atoms with Crippen molar-refractivity contribution >= 4 is 11.8 Å². The number of amides is 1. The van der Waals surface area contributed by atoms with Crippen LogP contribution in [-0.4, -0.2) is 17.8 Å². The van der Waals surface area contributed by atoms with E-state index in [0.717, 1.165) is 18.8 Å². The number of rotatable bonds is 11. The molecule has 0 aliphatic rings. The van der Waals surface area contributed by atoms with E-state index in [9.17, 15) is 4.79 Å². The molecule has 0 atom stereocenters. The van der Waals surface area contributed by atoms with Gasteiger partial charge in [-0.3, -0.25) is 5.32 Å². The third-order valence-electron chi connectivity index (χ3n) is 3.37. The number of nitrogens with one attached hydrogen (secondary N) is 1. The van der Waals surface area contributed by atoms with Crippen molar-refractivity contribution in [1.82, 2.24) is 0 Å². The zero-order chi connectivity index (χ0) is 15.3. The Morgan fingerprint density at radius 2 is 1.57 bits per heavy atom. The van der Waals surface area contributed by atoms with Gasteiger partial charge < -0.3 is 9.84 Å². The lowest BCUT2D eigenvalue weighted by atomic mass is 10.1. The first-order valence-corrected chi connectivity index (χ1v) is 7.95. The lowest BCUT2D eigenvalue weighted by Gasteiger charge is -2.07. The Hall–Kier alpha value is -1.71. The molecule has 4 nitrogen and oxygen atoms in total. The Labute approximate surface area is 127 Å². The fourth-order valence-electron chi connectivity index (χ4n) is 2.18. The molecule has 0 aliphatic carbocycles. The predicted octanol–water partition coefficient (Wildman–Crippen LogP) is 5.30. The van der Waals surface area contributed by atoms with E-state index >= 15 is 0 Å². The van der Waals surface area contributed by atoms with E-state index in [1.807, 2.05) is 0 Å². The first-order chi connectivity index (χ1) is 10.2. The summed E-state index contributed by atoms with van der Waals surface area (Å²) in [6, 6.07) is 6.99. The van der Waals surface area contributed by atoms with Gasteiger partial charge in [-0.15, -0.1) is 0 Å². The van der Waals surface area contributed by atoms with Gasteiger partial charge in [0, 0.05) is 5.69 Å². The van der Waals surface area contributed by atoms with Crippen LogP contribution >= 0.6 is 0 Å². The van der Waals surface area contributed by atoms with Crippen LogP contribution < -0.4 is 10.1 Å². The fraction of sp³-hybridized carbons (Fsp3) is 0.588. The minimum Gasteiger partial charge on any atom is -0.494 e. The van der Waals surface area contributed by atoms with Crippen molar-refractivity contribution in [3.63, 3.8) is 0 Å². The van der Waals surface area contributed by atoms with Crippen molar-refractivity contribution in [1.29, 1.82) is 0 Å². The third-order valence-corrected chi connectivity index (χ3v) is 3.37. The van der Waals surface area contributed by atoms with Crippen LogP contribution in [0.4, 0.5) is 10.5 Å². The molecule has 0 fully saturated rings. The smallest absolute Gasteiger partial charge is 0.409 e. The Bertz CT molecular complexity index is 390. The molecule has 0 aliphatic heterocycles. The maximum absolute atomic E-state index is 10.5. The highest BCUT2D eigenvalue weighted by atomic mass is 16.5. The summed E-state index contributed by atoms with van der Waals surface area (Å²) >= 11 is 0. The molecule has 118 valence electrons. The Kier molecular flexibility index (Phi) is 9.09.